The second-order valence-corrected chi connectivity index (χ2v) is 8.51. The van der Waals surface area contributed by atoms with Crippen molar-refractivity contribution in [3.8, 4) is 17.2 Å². The first-order valence-corrected chi connectivity index (χ1v) is 10.7. The lowest BCUT2D eigenvalue weighted by Gasteiger charge is -2.26. The molecule has 30 heavy (non-hydrogen) atoms. The monoisotopic (exact) mass is 436 g/mol. The predicted molar refractivity (Wildman–Crippen MR) is 108 cm³/mol. The summed E-state index contributed by atoms with van der Waals surface area (Å²) in [6, 6.07) is 8.92. The average molecular weight is 436 g/mol. The SMILES string of the molecule is COc1cc(CNC(=O)c2cc(S(=O)(=O)N3CCOCC3)ccc2OC)ccc1O. The van der Waals surface area contributed by atoms with E-state index in [2.05, 4.69) is 5.32 Å². The molecule has 2 N–H and O–H groups in total. The van der Waals surface area contributed by atoms with Gasteiger partial charge >= 0.3 is 0 Å². The second kappa shape index (κ2) is 9.33. The number of phenolic OH excluding ortho intramolecular Hbond substituents is 1. The smallest absolute Gasteiger partial charge is 0.255 e. The number of sulfonamides is 1. The van der Waals surface area contributed by atoms with E-state index in [9.17, 15) is 18.3 Å². The highest BCUT2D eigenvalue weighted by Crippen LogP contribution is 2.27. The van der Waals surface area contributed by atoms with Crippen molar-refractivity contribution in [1.82, 2.24) is 9.62 Å². The lowest BCUT2D eigenvalue weighted by molar-refractivity contribution is 0.0730. The molecule has 1 amide bonds. The van der Waals surface area contributed by atoms with E-state index in [1.807, 2.05) is 0 Å². The number of carbonyl (C=O) groups is 1. The first kappa shape index (κ1) is 21.9. The van der Waals surface area contributed by atoms with Gasteiger partial charge in [-0.3, -0.25) is 4.79 Å². The highest BCUT2D eigenvalue weighted by atomic mass is 32.2. The number of carbonyl (C=O) groups excluding carboxylic acids is 1. The van der Waals surface area contributed by atoms with E-state index >= 15 is 0 Å². The largest absolute Gasteiger partial charge is 0.504 e. The molecule has 10 heteroatoms. The number of nitrogens with zero attached hydrogens (tertiary/aromatic N) is 1. The molecule has 0 aliphatic carbocycles. The summed E-state index contributed by atoms with van der Waals surface area (Å²) >= 11 is 0. The van der Waals surface area contributed by atoms with Gasteiger partial charge in [0.15, 0.2) is 11.5 Å². The molecule has 1 heterocycles. The van der Waals surface area contributed by atoms with Crippen LogP contribution in [0.5, 0.6) is 17.2 Å². The fraction of sp³-hybridized carbons (Fsp3) is 0.350. The Labute approximate surface area is 175 Å². The second-order valence-electron chi connectivity index (χ2n) is 6.57. The molecule has 1 aliphatic heterocycles. The van der Waals surface area contributed by atoms with Crippen LogP contribution in [0.15, 0.2) is 41.3 Å². The van der Waals surface area contributed by atoms with E-state index in [1.54, 1.807) is 12.1 Å². The third-order valence-electron chi connectivity index (χ3n) is 4.72. The third kappa shape index (κ3) is 4.66. The predicted octanol–water partition coefficient (Wildman–Crippen LogP) is 1.36. The molecule has 0 saturated carbocycles. The summed E-state index contributed by atoms with van der Waals surface area (Å²) in [4.78, 5) is 12.8. The number of amides is 1. The van der Waals surface area contributed by atoms with Crippen LogP contribution in [0.1, 0.15) is 15.9 Å². The van der Waals surface area contributed by atoms with Crippen molar-refractivity contribution in [1.29, 1.82) is 0 Å². The van der Waals surface area contributed by atoms with Gasteiger partial charge in [0.25, 0.3) is 5.91 Å². The molecule has 0 atom stereocenters. The number of hydrogen-bond acceptors (Lipinski definition) is 7. The molecule has 2 aromatic rings. The number of ether oxygens (including phenoxy) is 3. The fourth-order valence-electron chi connectivity index (χ4n) is 3.07. The quantitative estimate of drug-likeness (QED) is 0.674. The molecule has 0 aromatic heterocycles. The first-order valence-electron chi connectivity index (χ1n) is 9.27. The van der Waals surface area contributed by atoms with Crippen molar-refractivity contribution in [2.24, 2.45) is 0 Å². The molecular weight excluding hydrogens is 412 g/mol. The molecule has 1 aliphatic rings. The van der Waals surface area contributed by atoms with Gasteiger partial charge in [0.2, 0.25) is 10.0 Å². The van der Waals surface area contributed by atoms with Gasteiger partial charge in [-0.15, -0.1) is 0 Å². The van der Waals surface area contributed by atoms with Gasteiger partial charge in [0.1, 0.15) is 5.75 Å². The van der Waals surface area contributed by atoms with Crippen LogP contribution in [0.4, 0.5) is 0 Å². The van der Waals surface area contributed by atoms with Gasteiger partial charge < -0.3 is 24.6 Å². The van der Waals surface area contributed by atoms with E-state index < -0.39 is 15.9 Å². The van der Waals surface area contributed by atoms with Crippen LogP contribution in [0.3, 0.4) is 0 Å². The summed E-state index contributed by atoms with van der Waals surface area (Å²) in [6.45, 7) is 1.34. The normalized spacial score (nSPS) is 14.9. The molecule has 1 fully saturated rings. The maximum absolute atomic E-state index is 12.9. The molecule has 0 bridgehead atoms. The van der Waals surface area contributed by atoms with E-state index in [-0.39, 0.29) is 47.3 Å². The van der Waals surface area contributed by atoms with Gasteiger partial charge in [-0.05, 0) is 35.9 Å². The molecule has 3 rings (SSSR count). The summed E-state index contributed by atoms with van der Waals surface area (Å²) in [7, 11) is -0.907. The summed E-state index contributed by atoms with van der Waals surface area (Å²) in [6.07, 6.45) is 0. The van der Waals surface area contributed by atoms with Crippen molar-refractivity contribution in [2.45, 2.75) is 11.4 Å². The van der Waals surface area contributed by atoms with E-state index in [0.29, 0.717) is 18.8 Å². The fourth-order valence-corrected chi connectivity index (χ4v) is 4.51. The highest BCUT2D eigenvalue weighted by Gasteiger charge is 2.28. The third-order valence-corrected chi connectivity index (χ3v) is 6.62. The Bertz CT molecular complexity index is 1020. The molecular formula is C20H24N2O7S. The number of hydrogen-bond donors (Lipinski definition) is 2. The maximum atomic E-state index is 12.9. The van der Waals surface area contributed by atoms with Crippen molar-refractivity contribution in [3.05, 3.63) is 47.5 Å². The standard InChI is InChI=1S/C20H24N2O7S/c1-27-18-6-4-15(30(25,26)22-7-9-29-10-8-22)12-16(18)20(24)21-13-14-3-5-17(23)19(11-14)28-2/h3-6,11-12,23H,7-10,13H2,1-2H3,(H,21,24). The summed E-state index contributed by atoms with van der Waals surface area (Å²) in [5, 5.41) is 12.4. The van der Waals surface area contributed by atoms with Gasteiger partial charge in [-0.1, -0.05) is 6.07 Å². The molecule has 1 saturated heterocycles. The average Bonchev–Trinajstić information content (AvgIpc) is 2.78. The van der Waals surface area contributed by atoms with Crippen LogP contribution in [0.2, 0.25) is 0 Å². The number of phenols is 1. The molecule has 0 unspecified atom stereocenters. The topological polar surface area (TPSA) is 114 Å². The minimum Gasteiger partial charge on any atom is -0.504 e. The van der Waals surface area contributed by atoms with Crippen molar-refractivity contribution in [2.75, 3.05) is 40.5 Å². The Morgan fingerprint density at radius 3 is 2.47 bits per heavy atom. The van der Waals surface area contributed by atoms with Gasteiger partial charge in [-0.2, -0.15) is 4.31 Å². The molecule has 0 spiro atoms. The maximum Gasteiger partial charge on any atom is 0.255 e. The number of nitrogens with one attached hydrogen (secondary N) is 1. The number of benzene rings is 2. The minimum absolute atomic E-state index is 0.00438. The van der Waals surface area contributed by atoms with Gasteiger partial charge in [-0.25, -0.2) is 8.42 Å². The summed E-state index contributed by atoms with van der Waals surface area (Å²) in [5.41, 5.74) is 0.812. The number of morpholine rings is 1. The van der Waals surface area contributed by atoms with Crippen molar-refractivity contribution < 1.29 is 32.5 Å². The Balaban J connectivity index is 1.81. The molecule has 2 aromatic carbocycles. The zero-order chi connectivity index (χ0) is 21.7. The lowest BCUT2D eigenvalue weighted by atomic mass is 10.1. The molecule has 162 valence electrons. The highest BCUT2D eigenvalue weighted by molar-refractivity contribution is 7.89. The van der Waals surface area contributed by atoms with E-state index in [4.69, 9.17) is 14.2 Å². The van der Waals surface area contributed by atoms with E-state index in [1.165, 1.54) is 42.8 Å². The Morgan fingerprint density at radius 2 is 1.80 bits per heavy atom. The van der Waals surface area contributed by atoms with Crippen LogP contribution in [0, 0.1) is 0 Å². The minimum atomic E-state index is -3.75. The molecule has 0 radical (unpaired) electrons. The van der Waals surface area contributed by atoms with Gasteiger partial charge in [0, 0.05) is 19.6 Å². The van der Waals surface area contributed by atoms with Crippen LogP contribution in [0.25, 0.3) is 0 Å². The zero-order valence-corrected chi connectivity index (χ0v) is 17.6. The van der Waals surface area contributed by atoms with Gasteiger partial charge in [0.05, 0.1) is 37.9 Å². The van der Waals surface area contributed by atoms with E-state index in [0.717, 1.165) is 0 Å². The number of aromatic hydroxyl groups is 1. The zero-order valence-electron chi connectivity index (χ0n) is 16.8. The summed E-state index contributed by atoms with van der Waals surface area (Å²) < 4.78 is 42.7. The lowest BCUT2D eigenvalue weighted by Crippen LogP contribution is -2.40. The van der Waals surface area contributed by atoms with Crippen LogP contribution in [-0.2, 0) is 21.3 Å². The van der Waals surface area contributed by atoms with Crippen LogP contribution in [-0.4, -0.2) is 64.3 Å². The Kier molecular flexibility index (Phi) is 6.80. The number of methoxy groups -OCH3 is 2. The number of rotatable bonds is 7. The Hall–Kier alpha value is -2.82. The molecule has 9 nitrogen and oxygen atoms in total. The van der Waals surface area contributed by atoms with Crippen LogP contribution < -0.4 is 14.8 Å². The van der Waals surface area contributed by atoms with Crippen molar-refractivity contribution >= 4 is 15.9 Å². The van der Waals surface area contributed by atoms with Crippen molar-refractivity contribution in [3.63, 3.8) is 0 Å². The van der Waals surface area contributed by atoms with Crippen LogP contribution >= 0.6 is 0 Å². The Morgan fingerprint density at radius 1 is 1.10 bits per heavy atom. The first-order chi connectivity index (χ1) is 14.4. The summed E-state index contributed by atoms with van der Waals surface area (Å²) in [5.74, 6) is 0.0582.